The van der Waals surface area contributed by atoms with Gasteiger partial charge in [-0.1, -0.05) is 31.4 Å². The largest absolute Gasteiger partial charge is 0.343 e. The molecule has 11 nitrogen and oxygen atoms in total. The van der Waals surface area contributed by atoms with Gasteiger partial charge in [0.2, 0.25) is 17.7 Å². The molecule has 0 radical (unpaired) electrons. The molecule has 1 aromatic carbocycles. The van der Waals surface area contributed by atoms with E-state index < -0.39 is 23.9 Å². The number of amides is 3. The Labute approximate surface area is 231 Å². The van der Waals surface area contributed by atoms with Gasteiger partial charge < -0.3 is 32.7 Å². The van der Waals surface area contributed by atoms with Crippen molar-refractivity contribution in [1.82, 2.24) is 20.2 Å². The molecule has 3 aromatic rings. The van der Waals surface area contributed by atoms with Gasteiger partial charge in [-0.15, -0.1) is 11.3 Å². The fourth-order valence-electron chi connectivity index (χ4n) is 3.88. The van der Waals surface area contributed by atoms with Crippen molar-refractivity contribution in [3.05, 3.63) is 66.0 Å². The Bertz CT molecular complexity index is 1300. The molecule has 2 heterocycles. The second-order valence-electron chi connectivity index (χ2n) is 8.71. The third-order valence-electron chi connectivity index (χ3n) is 5.86. The molecule has 2 atom stereocenters. The summed E-state index contributed by atoms with van der Waals surface area (Å²) in [5, 5.41) is 6.15. The molecule has 12 heteroatoms. The second kappa shape index (κ2) is 14.3. The summed E-state index contributed by atoms with van der Waals surface area (Å²) >= 11 is 1.43. The number of benzene rings is 1. The van der Waals surface area contributed by atoms with E-state index in [2.05, 4.69) is 33.8 Å². The molecule has 0 aliphatic rings. The van der Waals surface area contributed by atoms with Crippen molar-refractivity contribution in [1.29, 1.82) is 0 Å². The fourth-order valence-corrected chi connectivity index (χ4v) is 4.89. The average Bonchev–Trinajstić information content (AvgIpc) is 3.34. The summed E-state index contributed by atoms with van der Waals surface area (Å²) < 4.78 is 0.958. The quantitative estimate of drug-likeness (QED) is 0.198. The highest BCUT2D eigenvalue weighted by Gasteiger charge is 2.28. The standard InChI is InChI=1S/C27H34N8O3S/c1-3-17-13-18(16-31-20(17)4-2)32-27(38)22(15-24-33-21-7-5-6-8-23(21)39-24)34-26(37)19(30)14-25(36)35(11-9-28)12-10-29/h3-8,13,16,19,22H,1-2,9-12,14-15,28-30H2,(H,32,38)(H,34,37). The van der Waals surface area contributed by atoms with Gasteiger partial charge in [0.25, 0.3) is 0 Å². The molecule has 2 unspecified atom stereocenters. The molecule has 0 saturated heterocycles. The molecule has 0 aliphatic carbocycles. The highest BCUT2D eigenvalue weighted by molar-refractivity contribution is 7.18. The Morgan fingerprint density at radius 1 is 1.08 bits per heavy atom. The third-order valence-corrected chi connectivity index (χ3v) is 6.92. The number of nitrogens with zero attached hydrogens (tertiary/aromatic N) is 3. The lowest BCUT2D eigenvalue weighted by Crippen LogP contribution is -2.52. The first kappa shape index (κ1) is 29.6. The maximum atomic E-state index is 13.4. The molecule has 8 N–H and O–H groups in total. The molecule has 39 heavy (non-hydrogen) atoms. The van der Waals surface area contributed by atoms with Gasteiger partial charge in [0.05, 0.1) is 45.3 Å². The minimum Gasteiger partial charge on any atom is -0.343 e. The normalized spacial score (nSPS) is 12.4. The maximum Gasteiger partial charge on any atom is 0.247 e. The van der Waals surface area contributed by atoms with Crippen LogP contribution in [-0.2, 0) is 20.8 Å². The topological polar surface area (TPSA) is 182 Å². The minimum atomic E-state index is -1.18. The summed E-state index contributed by atoms with van der Waals surface area (Å²) in [6.07, 6.45) is 4.55. The van der Waals surface area contributed by atoms with Crippen LogP contribution in [0, 0.1) is 0 Å². The zero-order chi connectivity index (χ0) is 28.4. The number of carbonyl (C=O) groups is 3. The highest BCUT2D eigenvalue weighted by Crippen LogP contribution is 2.23. The van der Waals surface area contributed by atoms with E-state index in [0.29, 0.717) is 35.0 Å². The van der Waals surface area contributed by atoms with Crippen LogP contribution in [0.4, 0.5) is 5.69 Å². The Morgan fingerprint density at radius 3 is 2.44 bits per heavy atom. The van der Waals surface area contributed by atoms with Crippen molar-refractivity contribution in [2.45, 2.75) is 24.9 Å². The van der Waals surface area contributed by atoms with Crippen molar-refractivity contribution in [3.8, 4) is 0 Å². The fraction of sp³-hybridized carbons (Fsp3) is 0.296. The van der Waals surface area contributed by atoms with Crippen LogP contribution in [0.2, 0.25) is 0 Å². The van der Waals surface area contributed by atoms with Crippen LogP contribution >= 0.6 is 11.3 Å². The van der Waals surface area contributed by atoms with Crippen molar-refractivity contribution in [3.63, 3.8) is 0 Å². The van der Waals surface area contributed by atoms with Gasteiger partial charge >= 0.3 is 0 Å². The average molecular weight is 551 g/mol. The van der Waals surface area contributed by atoms with E-state index in [1.165, 1.54) is 22.4 Å². The van der Waals surface area contributed by atoms with E-state index in [1.807, 2.05) is 24.3 Å². The first-order valence-corrected chi connectivity index (χ1v) is 13.2. The molecular weight excluding hydrogens is 516 g/mol. The zero-order valence-electron chi connectivity index (χ0n) is 21.6. The maximum absolute atomic E-state index is 13.4. The molecular formula is C27H34N8O3S. The summed E-state index contributed by atoms with van der Waals surface area (Å²) in [5.41, 5.74) is 19.8. The van der Waals surface area contributed by atoms with Gasteiger partial charge in [-0.25, -0.2) is 4.98 Å². The van der Waals surface area contributed by atoms with Crippen LogP contribution in [0.5, 0.6) is 0 Å². The lowest BCUT2D eigenvalue weighted by molar-refractivity contribution is -0.134. The number of aromatic nitrogens is 2. The Balaban J connectivity index is 1.79. The van der Waals surface area contributed by atoms with Crippen LogP contribution in [0.25, 0.3) is 22.4 Å². The summed E-state index contributed by atoms with van der Waals surface area (Å²) in [4.78, 5) is 49.4. The lowest BCUT2D eigenvalue weighted by Gasteiger charge is -2.24. The molecule has 0 saturated carbocycles. The van der Waals surface area contributed by atoms with Gasteiger partial charge in [-0.2, -0.15) is 0 Å². The molecule has 0 aliphatic heterocycles. The molecule has 3 amide bonds. The molecule has 0 bridgehead atoms. The number of nitrogens with two attached hydrogens (primary N) is 3. The number of pyridine rings is 1. The lowest BCUT2D eigenvalue weighted by atomic mass is 10.1. The number of nitrogens with one attached hydrogen (secondary N) is 2. The first-order valence-electron chi connectivity index (χ1n) is 12.4. The predicted molar refractivity (Wildman–Crippen MR) is 156 cm³/mol. The van der Waals surface area contributed by atoms with Crippen molar-refractivity contribution >= 4 is 57.1 Å². The number of para-hydroxylation sites is 1. The van der Waals surface area contributed by atoms with Crippen LogP contribution in [-0.4, -0.2) is 70.9 Å². The Kier molecular flexibility index (Phi) is 10.8. The van der Waals surface area contributed by atoms with Crippen molar-refractivity contribution < 1.29 is 14.4 Å². The van der Waals surface area contributed by atoms with Crippen LogP contribution in [0.15, 0.2) is 49.7 Å². The number of rotatable bonds is 14. The van der Waals surface area contributed by atoms with Gasteiger partial charge in [-0.3, -0.25) is 19.4 Å². The number of hydrogen-bond acceptors (Lipinski definition) is 9. The Hall–Kier alpha value is -3.97. The van der Waals surface area contributed by atoms with Gasteiger partial charge in [0.15, 0.2) is 0 Å². The SMILES string of the molecule is C=Cc1cc(NC(=O)C(Cc2nc3ccccc3s2)NC(=O)C(N)CC(=O)N(CCN)CCN)cnc1C=C. The number of thiazole rings is 1. The van der Waals surface area contributed by atoms with E-state index in [1.54, 1.807) is 18.2 Å². The van der Waals surface area contributed by atoms with Crippen LogP contribution < -0.4 is 27.8 Å². The predicted octanol–water partition coefficient (Wildman–Crippen LogP) is 1.11. The number of anilines is 1. The third kappa shape index (κ3) is 8.01. The first-order chi connectivity index (χ1) is 18.8. The summed E-state index contributed by atoms with van der Waals surface area (Å²) in [6, 6.07) is 7.11. The number of carbonyl (C=O) groups excluding carboxylic acids is 3. The van der Waals surface area contributed by atoms with Gasteiger partial charge in [0.1, 0.15) is 6.04 Å². The van der Waals surface area contributed by atoms with Crippen molar-refractivity contribution in [2.24, 2.45) is 17.2 Å². The van der Waals surface area contributed by atoms with Gasteiger partial charge in [-0.05, 0) is 24.3 Å². The number of hydrogen-bond donors (Lipinski definition) is 5. The summed E-state index contributed by atoms with van der Waals surface area (Å²) in [6.45, 7) is 8.61. The minimum absolute atomic E-state index is 0.122. The molecule has 0 fully saturated rings. The zero-order valence-corrected chi connectivity index (χ0v) is 22.5. The molecule has 206 valence electrons. The second-order valence-corrected chi connectivity index (χ2v) is 9.82. The van der Waals surface area contributed by atoms with Crippen LogP contribution in [0.1, 0.15) is 22.7 Å². The Morgan fingerprint density at radius 2 is 1.79 bits per heavy atom. The van der Waals surface area contributed by atoms with E-state index in [9.17, 15) is 14.4 Å². The number of fused-ring (bicyclic) bond motifs is 1. The van der Waals surface area contributed by atoms with Gasteiger partial charge in [0, 0.05) is 38.2 Å². The smallest absolute Gasteiger partial charge is 0.247 e. The van der Waals surface area contributed by atoms with Crippen molar-refractivity contribution in [2.75, 3.05) is 31.5 Å². The summed E-state index contributed by atoms with van der Waals surface area (Å²) in [5.74, 6) is -1.47. The van der Waals surface area contributed by atoms with E-state index in [4.69, 9.17) is 17.2 Å². The molecule has 0 spiro atoms. The molecule has 3 rings (SSSR count). The summed E-state index contributed by atoms with van der Waals surface area (Å²) in [7, 11) is 0. The molecule has 2 aromatic heterocycles. The van der Waals surface area contributed by atoms with E-state index >= 15 is 0 Å². The highest BCUT2D eigenvalue weighted by atomic mass is 32.1. The van der Waals surface area contributed by atoms with E-state index in [-0.39, 0.29) is 31.8 Å². The monoisotopic (exact) mass is 550 g/mol. The van der Waals surface area contributed by atoms with Crippen LogP contribution in [0.3, 0.4) is 0 Å². The van der Waals surface area contributed by atoms with E-state index in [0.717, 1.165) is 10.2 Å².